The van der Waals surface area contributed by atoms with Crippen molar-refractivity contribution in [1.29, 1.82) is 0 Å². The predicted octanol–water partition coefficient (Wildman–Crippen LogP) is 4.18. The Kier molecular flexibility index (Phi) is 7.10. The minimum atomic E-state index is -0.902. The molecule has 1 aliphatic heterocycles. The molecule has 4 rings (SSSR count). The fourth-order valence-corrected chi connectivity index (χ4v) is 5.43. The van der Waals surface area contributed by atoms with E-state index >= 15 is 0 Å². The highest BCUT2D eigenvalue weighted by Gasteiger charge is 2.47. The largest absolute Gasteiger partial charge is 0.494 e. The Balaban J connectivity index is 1.78. The van der Waals surface area contributed by atoms with Gasteiger partial charge in [-0.25, -0.2) is 4.79 Å². The third-order valence-corrected chi connectivity index (χ3v) is 7.06. The van der Waals surface area contributed by atoms with E-state index in [0.29, 0.717) is 35.6 Å². The van der Waals surface area contributed by atoms with E-state index in [4.69, 9.17) is 14.2 Å². The summed E-state index contributed by atoms with van der Waals surface area (Å²) >= 11 is 0. The number of Topliss-reactive ketones (excluding diaryl/α,β-unsaturated/α-hetero) is 1. The monoisotopic (exact) mass is 467 g/mol. The number of nitrogens with one attached hydrogen (secondary N) is 1. The molecule has 0 radical (unpaired) electrons. The van der Waals surface area contributed by atoms with Crippen LogP contribution in [0.5, 0.6) is 5.75 Å². The van der Waals surface area contributed by atoms with E-state index in [9.17, 15) is 14.4 Å². The first-order chi connectivity index (χ1) is 16.3. The molecule has 0 bridgehead atoms. The summed E-state index contributed by atoms with van der Waals surface area (Å²) in [5.41, 5.74) is 3.08. The van der Waals surface area contributed by atoms with E-state index < -0.39 is 23.8 Å². The van der Waals surface area contributed by atoms with Gasteiger partial charge in [-0.15, -0.1) is 0 Å². The SMILES string of the molecule is CCOc1ccc([C@@H]2C(C(=O)OC3CCCC3)=C(C)NC3=C2C(=O)[C@@H](C(=O)OC)[C@@H](C)C3)cc1. The number of esters is 2. The summed E-state index contributed by atoms with van der Waals surface area (Å²) in [6.07, 6.45) is 4.21. The lowest BCUT2D eigenvalue weighted by atomic mass is 9.69. The number of benzene rings is 1. The predicted molar refractivity (Wildman–Crippen MR) is 126 cm³/mol. The second-order valence-electron chi connectivity index (χ2n) is 9.35. The van der Waals surface area contributed by atoms with Gasteiger partial charge in [-0.3, -0.25) is 9.59 Å². The van der Waals surface area contributed by atoms with Gasteiger partial charge in [0, 0.05) is 22.9 Å². The molecule has 0 amide bonds. The van der Waals surface area contributed by atoms with Gasteiger partial charge in [-0.1, -0.05) is 19.1 Å². The summed E-state index contributed by atoms with van der Waals surface area (Å²) in [5, 5.41) is 3.30. The minimum Gasteiger partial charge on any atom is -0.494 e. The Morgan fingerprint density at radius 2 is 1.79 bits per heavy atom. The van der Waals surface area contributed by atoms with Crippen molar-refractivity contribution in [3.05, 3.63) is 52.4 Å². The maximum atomic E-state index is 13.7. The van der Waals surface area contributed by atoms with Crippen LogP contribution >= 0.6 is 0 Å². The van der Waals surface area contributed by atoms with Gasteiger partial charge in [-0.05, 0) is 69.6 Å². The summed E-state index contributed by atoms with van der Waals surface area (Å²) in [7, 11) is 1.30. The highest BCUT2D eigenvalue weighted by molar-refractivity contribution is 6.12. The van der Waals surface area contributed by atoms with E-state index in [2.05, 4.69) is 5.32 Å². The Bertz CT molecular complexity index is 1030. The molecule has 0 saturated heterocycles. The van der Waals surface area contributed by atoms with Gasteiger partial charge in [0.1, 0.15) is 17.8 Å². The number of allylic oxidation sites excluding steroid dienone is 3. The summed E-state index contributed by atoms with van der Waals surface area (Å²) < 4.78 is 16.4. The normalized spacial score (nSPS) is 25.1. The third kappa shape index (κ3) is 4.48. The van der Waals surface area contributed by atoms with E-state index in [1.807, 2.05) is 45.0 Å². The molecule has 1 saturated carbocycles. The number of carbonyl (C=O) groups is 3. The highest BCUT2D eigenvalue weighted by Crippen LogP contribution is 2.46. The van der Waals surface area contributed by atoms with Crippen molar-refractivity contribution in [2.24, 2.45) is 11.8 Å². The van der Waals surface area contributed by atoms with Crippen LogP contribution in [-0.4, -0.2) is 37.5 Å². The lowest BCUT2D eigenvalue weighted by Crippen LogP contribution is -2.43. The number of hydrogen-bond acceptors (Lipinski definition) is 7. The van der Waals surface area contributed by atoms with Gasteiger partial charge in [0.25, 0.3) is 0 Å². The molecule has 182 valence electrons. The number of ether oxygens (including phenoxy) is 3. The van der Waals surface area contributed by atoms with Crippen LogP contribution in [0.1, 0.15) is 64.4 Å². The summed E-state index contributed by atoms with van der Waals surface area (Å²) in [5.74, 6) is -2.30. The van der Waals surface area contributed by atoms with Crippen molar-refractivity contribution in [2.75, 3.05) is 13.7 Å². The molecule has 2 aliphatic carbocycles. The molecule has 0 aromatic heterocycles. The average molecular weight is 468 g/mol. The van der Waals surface area contributed by atoms with E-state index in [1.165, 1.54) is 7.11 Å². The van der Waals surface area contributed by atoms with Crippen molar-refractivity contribution in [3.63, 3.8) is 0 Å². The topological polar surface area (TPSA) is 90.9 Å². The van der Waals surface area contributed by atoms with Crippen LogP contribution in [0.4, 0.5) is 0 Å². The van der Waals surface area contributed by atoms with Crippen molar-refractivity contribution < 1.29 is 28.6 Å². The summed E-state index contributed by atoms with van der Waals surface area (Å²) in [6, 6.07) is 7.43. The number of rotatable bonds is 6. The first-order valence-corrected chi connectivity index (χ1v) is 12.1. The second kappa shape index (κ2) is 10.0. The summed E-state index contributed by atoms with van der Waals surface area (Å²) in [4.78, 5) is 39.7. The van der Waals surface area contributed by atoms with Gasteiger partial charge in [0.05, 0.1) is 19.3 Å². The standard InChI is InChI=1S/C27H33NO6/c1-5-33-18-12-10-17(11-13-18)23-22(27(31)34-19-8-6-7-9-19)16(3)28-20-14-15(2)21(26(30)32-4)25(29)24(20)23/h10-13,15,19,21,23,28H,5-9,14H2,1-4H3/t15-,21-,23+/m0/s1. The molecule has 7 heteroatoms. The Morgan fingerprint density at radius 3 is 2.41 bits per heavy atom. The molecule has 1 aromatic rings. The second-order valence-corrected chi connectivity index (χ2v) is 9.35. The highest BCUT2D eigenvalue weighted by atomic mass is 16.5. The molecule has 0 unspecified atom stereocenters. The molecule has 1 heterocycles. The molecule has 34 heavy (non-hydrogen) atoms. The van der Waals surface area contributed by atoms with E-state index in [1.54, 1.807) is 0 Å². The van der Waals surface area contributed by atoms with Gasteiger partial charge in [-0.2, -0.15) is 0 Å². The minimum absolute atomic E-state index is 0.103. The fraction of sp³-hybridized carbons (Fsp3) is 0.519. The fourth-order valence-electron chi connectivity index (χ4n) is 5.43. The number of dihydropyridines is 1. The average Bonchev–Trinajstić information content (AvgIpc) is 3.31. The van der Waals surface area contributed by atoms with Crippen LogP contribution in [0, 0.1) is 11.8 Å². The molecule has 1 aromatic carbocycles. The van der Waals surface area contributed by atoms with Crippen molar-refractivity contribution >= 4 is 17.7 Å². The molecule has 3 atom stereocenters. The van der Waals surface area contributed by atoms with Crippen LogP contribution < -0.4 is 10.1 Å². The molecular formula is C27H33NO6. The van der Waals surface area contributed by atoms with Crippen molar-refractivity contribution in [1.82, 2.24) is 5.32 Å². The zero-order valence-corrected chi connectivity index (χ0v) is 20.3. The van der Waals surface area contributed by atoms with Gasteiger partial charge in [0.15, 0.2) is 5.78 Å². The Morgan fingerprint density at radius 1 is 1.12 bits per heavy atom. The number of ketones is 1. The molecule has 1 N–H and O–H groups in total. The van der Waals surface area contributed by atoms with Crippen LogP contribution in [0.2, 0.25) is 0 Å². The van der Waals surface area contributed by atoms with Crippen LogP contribution in [0.15, 0.2) is 46.8 Å². The molecule has 3 aliphatic rings. The van der Waals surface area contributed by atoms with Crippen LogP contribution in [0.25, 0.3) is 0 Å². The summed E-state index contributed by atoms with van der Waals surface area (Å²) in [6.45, 7) is 6.17. The smallest absolute Gasteiger partial charge is 0.337 e. The number of hydrogen-bond donors (Lipinski definition) is 1. The zero-order valence-electron chi connectivity index (χ0n) is 20.3. The van der Waals surface area contributed by atoms with Gasteiger partial charge in [0.2, 0.25) is 0 Å². The van der Waals surface area contributed by atoms with E-state index in [-0.39, 0.29) is 17.8 Å². The molecule has 1 fully saturated rings. The quantitative estimate of drug-likeness (QED) is 0.496. The van der Waals surface area contributed by atoms with Gasteiger partial charge < -0.3 is 19.5 Å². The Hall–Kier alpha value is -3.09. The number of methoxy groups -OCH3 is 1. The van der Waals surface area contributed by atoms with Crippen molar-refractivity contribution in [2.45, 2.75) is 64.9 Å². The first-order valence-electron chi connectivity index (χ1n) is 12.1. The maximum absolute atomic E-state index is 13.7. The van der Waals surface area contributed by atoms with Crippen molar-refractivity contribution in [3.8, 4) is 5.75 Å². The van der Waals surface area contributed by atoms with E-state index in [0.717, 1.165) is 36.9 Å². The molecule has 7 nitrogen and oxygen atoms in total. The van der Waals surface area contributed by atoms with Crippen LogP contribution in [-0.2, 0) is 23.9 Å². The lowest BCUT2D eigenvalue weighted by Gasteiger charge is -2.38. The molecular weight excluding hydrogens is 434 g/mol. The van der Waals surface area contributed by atoms with Gasteiger partial charge >= 0.3 is 11.9 Å². The number of carbonyl (C=O) groups excluding carboxylic acids is 3. The molecule has 0 spiro atoms. The maximum Gasteiger partial charge on any atom is 0.337 e. The first kappa shape index (κ1) is 24.0. The third-order valence-electron chi connectivity index (χ3n) is 7.06. The zero-order chi connectivity index (χ0) is 24.4. The van der Waals surface area contributed by atoms with Crippen LogP contribution in [0.3, 0.4) is 0 Å². The Labute approximate surface area is 200 Å². The lowest BCUT2D eigenvalue weighted by molar-refractivity contribution is -0.151.